The van der Waals surface area contributed by atoms with E-state index < -0.39 is 0 Å². The summed E-state index contributed by atoms with van der Waals surface area (Å²) >= 11 is 0. The molecule has 15 heavy (non-hydrogen) atoms. The highest BCUT2D eigenvalue weighted by Crippen LogP contribution is 2.19. The Kier molecular flexibility index (Phi) is 3.60. The summed E-state index contributed by atoms with van der Waals surface area (Å²) < 4.78 is 5.19. The minimum atomic E-state index is -0.131. The summed E-state index contributed by atoms with van der Waals surface area (Å²) in [6.07, 6.45) is 0. The van der Waals surface area contributed by atoms with Crippen LogP contribution >= 0.6 is 0 Å². The van der Waals surface area contributed by atoms with Crippen LogP contribution in [0.5, 0.6) is 6.01 Å². The Balaban J connectivity index is 3.03. The van der Waals surface area contributed by atoms with Crippen molar-refractivity contribution >= 4 is 11.6 Å². The standard InChI is InChI=1S/C10H15N3O2/c1-5-15-10-11-6(2)9(7(3)12-10)13-8(4)14/h5H2,1-4H3,(H,13,14). The number of hydrogen-bond acceptors (Lipinski definition) is 4. The quantitative estimate of drug-likeness (QED) is 0.818. The third-order valence-corrected chi connectivity index (χ3v) is 1.82. The zero-order valence-corrected chi connectivity index (χ0v) is 9.42. The van der Waals surface area contributed by atoms with Gasteiger partial charge in [0, 0.05) is 6.92 Å². The van der Waals surface area contributed by atoms with Gasteiger partial charge in [0.25, 0.3) is 0 Å². The molecule has 1 amide bonds. The van der Waals surface area contributed by atoms with Crippen LogP contribution in [0.2, 0.25) is 0 Å². The Hall–Kier alpha value is -1.65. The summed E-state index contributed by atoms with van der Waals surface area (Å²) in [4.78, 5) is 19.2. The van der Waals surface area contributed by atoms with Gasteiger partial charge in [0.2, 0.25) is 5.91 Å². The van der Waals surface area contributed by atoms with E-state index in [9.17, 15) is 4.79 Å². The third-order valence-electron chi connectivity index (χ3n) is 1.82. The number of anilines is 1. The number of carbonyl (C=O) groups is 1. The van der Waals surface area contributed by atoms with Gasteiger partial charge in [-0.1, -0.05) is 0 Å². The topological polar surface area (TPSA) is 64.1 Å². The van der Waals surface area contributed by atoms with Gasteiger partial charge in [-0.2, -0.15) is 9.97 Å². The molecule has 5 nitrogen and oxygen atoms in total. The number of amides is 1. The van der Waals surface area contributed by atoms with Crippen LogP contribution in [0.15, 0.2) is 0 Å². The Bertz CT molecular complexity index is 354. The molecule has 0 radical (unpaired) electrons. The van der Waals surface area contributed by atoms with E-state index in [0.717, 1.165) is 0 Å². The maximum Gasteiger partial charge on any atom is 0.316 e. The van der Waals surface area contributed by atoms with Crippen LogP contribution < -0.4 is 10.1 Å². The number of hydrogen-bond donors (Lipinski definition) is 1. The van der Waals surface area contributed by atoms with Gasteiger partial charge >= 0.3 is 6.01 Å². The largest absolute Gasteiger partial charge is 0.464 e. The molecule has 0 bridgehead atoms. The highest BCUT2D eigenvalue weighted by atomic mass is 16.5. The molecule has 0 fully saturated rings. The molecular weight excluding hydrogens is 194 g/mol. The average molecular weight is 209 g/mol. The van der Waals surface area contributed by atoms with Crippen molar-refractivity contribution in [2.24, 2.45) is 0 Å². The Morgan fingerprint density at radius 2 is 1.87 bits per heavy atom. The zero-order valence-electron chi connectivity index (χ0n) is 9.42. The van der Waals surface area contributed by atoms with E-state index in [2.05, 4.69) is 15.3 Å². The lowest BCUT2D eigenvalue weighted by Gasteiger charge is -2.10. The van der Waals surface area contributed by atoms with Crippen LogP contribution in [0.4, 0.5) is 5.69 Å². The maximum absolute atomic E-state index is 10.9. The molecule has 1 aromatic heterocycles. The van der Waals surface area contributed by atoms with E-state index in [-0.39, 0.29) is 5.91 Å². The summed E-state index contributed by atoms with van der Waals surface area (Å²) in [6, 6.07) is 0.349. The van der Waals surface area contributed by atoms with Gasteiger partial charge in [0.05, 0.1) is 23.7 Å². The summed E-state index contributed by atoms with van der Waals surface area (Å²) in [5.74, 6) is -0.131. The van der Waals surface area contributed by atoms with E-state index in [1.54, 1.807) is 0 Å². The fraction of sp³-hybridized carbons (Fsp3) is 0.500. The first kappa shape index (κ1) is 11.4. The summed E-state index contributed by atoms with van der Waals surface area (Å²) in [6.45, 7) is 7.47. The van der Waals surface area contributed by atoms with Crippen LogP contribution in [0.1, 0.15) is 25.2 Å². The maximum atomic E-state index is 10.9. The van der Waals surface area contributed by atoms with Crippen LogP contribution in [0, 0.1) is 13.8 Å². The molecule has 0 aliphatic heterocycles. The number of ether oxygens (including phenoxy) is 1. The van der Waals surface area contributed by atoms with Crippen molar-refractivity contribution in [3.8, 4) is 6.01 Å². The Morgan fingerprint density at radius 3 is 2.27 bits per heavy atom. The van der Waals surface area contributed by atoms with E-state index in [0.29, 0.717) is 29.7 Å². The molecule has 0 aliphatic carbocycles. The monoisotopic (exact) mass is 209 g/mol. The zero-order chi connectivity index (χ0) is 11.4. The second-order valence-electron chi connectivity index (χ2n) is 3.17. The molecule has 0 saturated carbocycles. The van der Waals surface area contributed by atoms with Crippen molar-refractivity contribution in [1.29, 1.82) is 0 Å². The number of nitrogens with one attached hydrogen (secondary N) is 1. The second-order valence-corrected chi connectivity index (χ2v) is 3.17. The van der Waals surface area contributed by atoms with E-state index in [1.807, 2.05) is 20.8 Å². The molecule has 1 heterocycles. The minimum Gasteiger partial charge on any atom is -0.464 e. The molecule has 0 aliphatic rings. The lowest BCUT2D eigenvalue weighted by molar-refractivity contribution is -0.114. The number of aryl methyl sites for hydroxylation is 2. The minimum absolute atomic E-state index is 0.131. The van der Waals surface area contributed by atoms with E-state index >= 15 is 0 Å². The number of aromatic nitrogens is 2. The van der Waals surface area contributed by atoms with Crippen molar-refractivity contribution < 1.29 is 9.53 Å². The molecule has 0 atom stereocenters. The molecule has 1 rings (SSSR count). The summed E-state index contributed by atoms with van der Waals surface area (Å²) in [7, 11) is 0. The normalized spacial score (nSPS) is 9.87. The molecule has 0 spiro atoms. The lowest BCUT2D eigenvalue weighted by Crippen LogP contribution is -2.11. The first-order chi connectivity index (χ1) is 7.04. The molecule has 1 aromatic rings. The predicted molar refractivity (Wildman–Crippen MR) is 57.0 cm³/mol. The Labute approximate surface area is 88.9 Å². The molecule has 0 unspecified atom stereocenters. The summed E-state index contributed by atoms with van der Waals surface area (Å²) in [5, 5.41) is 2.69. The molecular formula is C10H15N3O2. The van der Waals surface area contributed by atoms with Gasteiger partial charge in [-0.05, 0) is 20.8 Å². The van der Waals surface area contributed by atoms with Gasteiger partial charge in [-0.25, -0.2) is 0 Å². The van der Waals surface area contributed by atoms with Crippen molar-refractivity contribution in [2.75, 3.05) is 11.9 Å². The smallest absolute Gasteiger partial charge is 0.316 e. The second kappa shape index (κ2) is 4.72. The van der Waals surface area contributed by atoms with Crippen molar-refractivity contribution in [1.82, 2.24) is 9.97 Å². The fourth-order valence-corrected chi connectivity index (χ4v) is 1.24. The third kappa shape index (κ3) is 2.90. The van der Waals surface area contributed by atoms with E-state index in [1.165, 1.54) is 6.92 Å². The molecule has 0 saturated heterocycles. The number of carbonyl (C=O) groups excluding carboxylic acids is 1. The molecule has 5 heteroatoms. The SMILES string of the molecule is CCOc1nc(C)c(NC(C)=O)c(C)n1. The highest BCUT2D eigenvalue weighted by molar-refractivity contribution is 5.89. The van der Waals surface area contributed by atoms with Gasteiger partial charge in [-0.3, -0.25) is 4.79 Å². The van der Waals surface area contributed by atoms with Crippen LogP contribution in [0.3, 0.4) is 0 Å². The van der Waals surface area contributed by atoms with Gasteiger partial charge in [0.1, 0.15) is 0 Å². The summed E-state index contributed by atoms with van der Waals surface area (Å²) in [5.41, 5.74) is 2.08. The average Bonchev–Trinajstić information content (AvgIpc) is 2.11. The lowest BCUT2D eigenvalue weighted by atomic mass is 10.3. The molecule has 0 aromatic carbocycles. The van der Waals surface area contributed by atoms with Gasteiger partial charge < -0.3 is 10.1 Å². The highest BCUT2D eigenvalue weighted by Gasteiger charge is 2.09. The first-order valence-electron chi connectivity index (χ1n) is 4.80. The van der Waals surface area contributed by atoms with Crippen molar-refractivity contribution in [3.63, 3.8) is 0 Å². The van der Waals surface area contributed by atoms with Gasteiger partial charge in [-0.15, -0.1) is 0 Å². The fourth-order valence-electron chi connectivity index (χ4n) is 1.24. The van der Waals surface area contributed by atoms with Crippen LogP contribution in [0.25, 0.3) is 0 Å². The number of nitrogens with zero attached hydrogens (tertiary/aromatic N) is 2. The van der Waals surface area contributed by atoms with Crippen molar-refractivity contribution in [3.05, 3.63) is 11.4 Å². The predicted octanol–water partition coefficient (Wildman–Crippen LogP) is 1.45. The van der Waals surface area contributed by atoms with Gasteiger partial charge in [0.15, 0.2) is 0 Å². The van der Waals surface area contributed by atoms with Crippen molar-refractivity contribution in [2.45, 2.75) is 27.7 Å². The van der Waals surface area contributed by atoms with Crippen LogP contribution in [-0.4, -0.2) is 22.5 Å². The molecule has 1 N–H and O–H groups in total. The Morgan fingerprint density at radius 1 is 1.33 bits per heavy atom. The van der Waals surface area contributed by atoms with Crippen LogP contribution in [-0.2, 0) is 4.79 Å². The van der Waals surface area contributed by atoms with E-state index in [4.69, 9.17) is 4.74 Å². The number of rotatable bonds is 3. The first-order valence-corrected chi connectivity index (χ1v) is 4.80. The molecule has 82 valence electrons.